The maximum absolute atomic E-state index is 11.5. The van der Waals surface area contributed by atoms with Gasteiger partial charge in [0.05, 0.1) is 7.11 Å². The molecule has 0 bridgehead atoms. The van der Waals surface area contributed by atoms with Crippen LogP contribution in [0.4, 0.5) is 0 Å². The predicted molar refractivity (Wildman–Crippen MR) is 67.7 cm³/mol. The molecule has 3 nitrogen and oxygen atoms in total. The molecule has 0 saturated heterocycles. The van der Waals surface area contributed by atoms with E-state index in [1.165, 1.54) is 14.0 Å². The third-order valence-corrected chi connectivity index (χ3v) is 3.82. The monoisotopic (exact) mass is 246 g/mol. The average Bonchev–Trinajstić information content (AvgIpc) is 2.27. The molecule has 0 radical (unpaired) electrons. The van der Waals surface area contributed by atoms with Crippen molar-refractivity contribution in [2.45, 2.75) is 40.0 Å². The van der Waals surface area contributed by atoms with Crippen LogP contribution in [0, 0.1) is 5.41 Å². The molecule has 0 fully saturated rings. The number of Topliss-reactive ketones (excluding diaryl/α,β-unsaturated/α-hetero) is 1. The molecule has 1 atom stereocenters. The normalized spacial score (nSPS) is 14.2. The van der Waals surface area contributed by atoms with E-state index in [0.29, 0.717) is 6.42 Å². The number of ether oxygens (including phenoxy) is 1. The predicted octanol–water partition coefficient (Wildman–Crippen LogP) is 2.68. The summed E-state index contributed by atoms with van der Waals surface area (Å²) in [7, 11) is 1.33. The maximum Gasteiger partial charge on any atom is 0.319 e. The highest BCUT2D eigenvalue weighted by atomic mass is 32.2. The van der Waals surface area contributed by atoms with Crippen LogP contribution in [0.3, 0.4) is 0 Å². The zero-order valence-corrected chi connectivity index (χ0v) is 11.5. The number of methoxy groups -OCH3 is 1. The number of carbonyl (C=O) groups is 2. The zero-order chi connectivity index (χ0) is 12.6. The van der Waals surface area contributed by atoms with E-state index in [1.807, 2.05) is 11.8 Å². The second kappa shape index (κ2) is 7.71. The molecule has 16 heavy (non-hydrogen) atoms. The van der Waals surface area contributed by atoms with E-state index >= 15 is 0 Å². The molecule has 0 heterocycles. The van der Waals surface area contributed by atoms with Crippen LogP contribution in [0.1, 0.15) is 40.0 Å². The lowest BCUT2D eigenvalue weighted by molar-refractivity contribution is -0.156. The van der Waals surface area contributed by atoms with Gasteiger partial charge in [0.1, 0.15) is 11.2 Å². The van der Waals surface area contributed by atoms with E-state index in [4.69, 9.17) is 0 Å². The number of rotatable bonds is 8. The van der Waals surface area contributed by atoms with Gasteiger partial charge in [-0.25, -0.2) is 0 Å². The van der Waals surface area contributed by atoms with Crippen LogP contribution in [0.15, 0.2) is 0 Å². The van der Waals surface area contributed by atoms with Crippen LogP contribution < -0.4 is 0 Å². The summed E-state index contributed by atoms with van der Waals surface area (Å²) in [6.07, 6.45) is 2.51. The fourth-order valence-electron chi connectivity index (χ4n) is 1.47. The standard InChI is InChI=1S/C12H22O3S/c1-5-16-9-7-6-8-12(3,10(2)13)11(14)15-4/h5-9H2,1-4H3. The number of carbonyl (C=O) groups excluding carboxylic acids is 2. The molecular formula is C12H22O3S. The topological polar surface area (TPSA) is 43.4 Å². The van der Waals surface area contributed by atoms with Gasteiger partial charge in [-0.15, -0.1) is 0 Å². The fraction of sp³-hybridized carbons (Fsp3) is 0.833. The van der Waals surface area contributed by atoms with Gasteiger partial charge in [-0.3, -0.25) is 9.59 Å². The Morgan fingerprint density at radius 1 is 1.31 bits per heavy atom. The molecule has 4 heteroatoms. The van der Waals surface area contributed by atoms with Gasteiger partial charge in [0, 0.05) is 0 Å². The van der Waals surface area contributed by atoms with Crippen molar-refractivity contribution in [2.75, 3.05) is 18.6 Å². The van der Waals surface area contributed by atoms with Crippen LogP contribution in [-0.4, -0.2) is 30.4 Å². The Hall–Kier alpha value is -0.510. The molecule has 0 rings (SSSR count). The molecule has 0 aliphatic rings. The molecule has 94 valence electrons. The fourth-order valence-corrected chi connectivity index (χ4v) is 2.17. The molecule has 0 N–H and O–H groups in total. The minimum absolute atomic E-state index is 0.109. The first kappa shape index (κ1) is 15.5. The summed E-state index contributed by atoms with van der Waals surface area (Å²) >= 11 is 1.88. The van der Waals surface area contributed by atoms with Gasteiger partial charge < -0.3 is 4.74 Å². The molecule has 0 aliphatic carbocycles. The van der Waals surface area contributed by atoms with Crippen molar-refractivity contribution < 1.29 is 14.3 Å². The SMILES string of the molecule is CCSCCCCC(C)(C(C)=O)C(=O)OC. The van der Waals surface area contributed by atoms with Gasteiger partial charge in [-0.1, -0.05) is 13.3 Å². The first-order chi connectivity index (χ1) is 7.49. The molecule has 0 aromatic carbocycles. The molecule has 1 unspecified atom stereocenters. The van der Waals surface area contributed by atoms with Crippen LogP contribution in [0.2, 0.25) is 0 Å². The summed E-state index contributed by atoms with van der Waals surface area (Å²) < 4.78 is 4.69. The van der Waals surface area contributed by atoms with Crippen molar-refractivity contribution in [3.05, 3.63) is 0 Å². The Morgan fingerprint density at radius 2 is 1.94 bits per heavy atom. The van der Waals surface area contributed by atoms with E-state index < -0.39 is 11.4 Å². The molecule has 0 aromatic heterocycles. The van der Waals surface area contributed by atoms with E-state index in [2.05, 4.69) is 11.7 Å². The number of unbranched alkanes of at least 4 members (excludes halogenated alkanes) is 1. The number of hydrogen-bond donors (Lipinski definition) is 0. The number of hydrogen-bond acceptors (Lipinski definition) is 4. The van der Waals surface area contributed by atoms with E-state index in [1.54, 1.807) is 6.92 Å². The Bertz CT molecular complexity index is 240. The molecule has 0 spiro atoms. The van der Waals surface area contributed by atoms with Gasteiger partial charge >= 0.3 is 5.97 Å². The van der Waals surface area contributed by atoms with Crippen molar-refractivity contribution in [1.82, 2.24) is 0 Å². The molecule has 0 saturated carbocycles. The summed E-state index contributed by atoms with van der Waals surface area (Å²) in [5, 5.41) is 0. The lowest BCUT2D eigenvalue weighted by Crippen LogP contribution is -2.36. The average molecular weight is 246 g/mol. The first-order valence-corrected chi connectivity index (χ1v) is 6.81. The van der Waals surface area contributed by atoms with Crippen molar-refractivity contribution in [3.8, 4) is 0 Å². The summed E-state index contributed by atoms with van der Waals surface area (Å²) in [5.74, 6) is 1.68. The van der Waals surface area contributed by atoms with Gasteiger partial charge in [-0.05, 0) is 38.2 Å². The zero-order valence-electron chi connectivity index (χ0n) is 10.7. The van der Waals surface area contributed by atoms with Gasteiger partial charge in [0.25, 0.3) is 0 Å². The van der Waals surface area contributed by atoms with Crippen molar-refractivity contribution in [3.63, 3.8) is 0 Å². The summed E-state index contributed by atoms with van der Waals surface area (Å²) in [5.41, 5.74) is -0.953. The largest absolute Gasteiger partial charge is 0.468 e. The smallest absolute Gasteiger partial charge is 0.319 e. The van der Waals surface area contributed by atoms with Gasteiger partial charge in [0.15, 0.2) is 0 Å². The highest BCUT2D eigenvalue weighted by molar-refractivity contribution is 7.99. The van der Waals surface area contributed by atoms with Crippen molar-refractivity contribution >= 4 is 23.5 Å². The Kier molecular flexibility index (Phi) is 7.47. The second-order valence-corrected chi connectivity index (χ2v) is 5.43. The van der Waals surface area contributed by atoms with Crippen LogP contribution >= 0.6 is 11.8 Å². The first-order valence-electron chi connectivity index (χ1n) is 5.66. The lowest BCUT2D eigenvalue weighted by Gasteiger charge is -2.23. The highest BCUT2D eigenvalue weighted by Crippen LogP contribution is 2.27. The van der Waals surface area contributed by atoms with E-state index in [0.717, 1.165) is 24.3 Å². The number of thioether (sulfide) groups is 1. The minimum Gasteiger partial charge on any atom is -0.468 e. The molecule has 0 amide bonds. The third-order valence-electron chi connectivity index (χ3n) is 2.83. The molecule has 0 aromatic rings. The van der Waals surface area contributed by atoms with Crippen LogP contribution in [0.5, 0.6) is 0 Å². The van der Waals surface area contributed by atoms with Gasteiger partial charge in [-0.2, -0.15) is 11.8 Å². The maximum atomic E-state index is 11.5. The lowest BCUT2D eigenvalue weighted by atomic mass is 9.81. The van der Waals surface area contributed by atoms with Crippen LogP contribution in [0.25, 0.3) is 0 Å². The summed E-state index contributed by atoms with van der Waals surface area (Å²) in [6.45, 7) is 5.25. The van der Waals surface area contributed by atoms with Crippen molar-refractivity contribution in [2.24, 2.45) is 5.41 Å². The minimum atomic E-state index is -0.953. The second-order valence-electron chi connectivity index (χ2n) is 4.03. The summed E-state index contributed by atoms with van der Waals surface area (Å²) in [6, 6.07) is 0. The van der Waals surface area contributed by atoms with E-state index in [-0.39, 0.29) is 5.78 Å². The Balaban J connectivity index is 4.14. The van der Waals surface area contributed by atoms with E-state index in [9.17, 15) is 9.59 Å². The summed E-state index contributed by atoms with van der Waals surface area (Å²) in [4.78, 5) is 23.0. The highest BCUT2D eigenvalue weighted by Gasteiger charge is 2.38. The Labute approximate surface area is 102 Å². The quantitative estimate of drug-likeness (QED) is 0.375. The Morgan fingerprint density at radius 3 is 2.38 bits per heavy atom. The van der Waals surface area contributed by atoms with Crippen LogP contribution in [-0.2, 0) is 14.3 Å². The van der Waals surface area contributed by atoms with Gasteiger partial charge in [0.2, 0.25) is 0 Å². The third kappa shape index (κ3) is 4.56. The number of ketones is 1. The number of esters is 1. The van der Waals surface area contributed by atoms with Crippen molar-refractivity contribution in [1.29, 1.82) is 0 Å². The molecule has 0 aliphatic heterocycles. The molecular weight excluding hydrogens is 224 g/mol.